The van der Waals surface area contributed by atoms with Gasteiger partial charge in [0.1, 0.15) is 5.82 Å². The molecular formula is C25H34ClF2N7O3. The minimum absolute atomic E-state index is 0. The number of hydrogen-bond donors (Lipinski definition) is 2. The van der Waals surface area contributed by atoms with Crippen molar-refractivity contribution in [2.45, 2.75) is 44.7 Å². The van der Waals surface area contributed by atoms with Crippen molar-refractivity contribution in [2.24, 2.45) is 5.73 Å². The molecule has 0 spiro atoms. The molecule has 0 unspecified atom stereocenters. The highest BCUT2D eigenvalue weighted by atomic mass is 35.5. The van der Waals surface area contributed by atoms with Crippen LogP contribution in [-0.4, -0.2) is 86.9 Å². The number of urea groups is 1. The van der Waals surface area contributed by atoms with Gasteiger partial charge in [0.2, 0.25) is 5.91 Å². The minimum atomic E-state index is -2.57. The van der Waals surface area contributed by atoms with Crippen LogP contribution < -0.4 is 16.7 Å². The predicted molar refractivity (Wildman–Crippen MR) is 142 cm³/mol. The molecule has 0 saturated carbocycles. The van der Waals surface area contributed by atoms with Crippen LogP contribution in [0.3, 0.4) is 0 Å². The lowest BCUT2D eigenvalue weighted by atomic mass is 10.1. The van der Waals surface area contributed by atoms with Crippen LogP contribution in [0.5, 0.6) is 0 Å². The van der Waals surface area contributed by atoms with E-state index in [9.17, 15) is 23.2 Å². The summed E-state index contributed by atoms with van der Waals surface area (Å²) >= 11 is 0. The highest BCUT2D eigenvalue weighted by molar-refractivity contribution is 5.89. The maximum atomic E-state index is 13.4. The number of amides is 3. The largest absolute Gasteiger partial charge is 0.354 e. The van der Waals surface area contributed by atoms with Crippen molar-refractivity contribution in [2.75, 3.05) is 44.6 Å². The number of carbonyl (C=O) groups excluding carboxylic acids is 2. The number of carbonyl (C=O) groups is 2. The molecule has 3 heterocycles. The first-order valence-electron chi connectivity index (χ1n) is 12.3. The molecule has 10 nitrogen and oxygen atoms in total. The molecular weight excluding hydrogens is 520 g/mol. The molecule has 13 heteroatoms. The molecule has 0 atom stereocenters. The Bertz CT molecular complexity index is 1180. The molecule has 1 aromatic heterocycles. The van der Waals surface area contributed by atoms with Crippen LogP contribution in [0.1, 0.15) is 32.3 Å². The fourth-order valence-corrected chi connectivity index (χ4v) is 4.44. The summed E-state index contributed by atoms with van der Waals surface area (Å²) in [6.45, 7) is 6.02. The van der Waals surface area contributed by atoms with Gasteiger partial charge in [0.15, 0.2) is 0 Å². The van der Waals surface area contributed by atoms with Gasteiger partial charge in [0.25, 0.3) is 5.92 Å². The number of anilines is 1. The molecule has 3 amide bonds. The summed E-state index contributed by atoms with van der Waals surface area (Å²) < 4.78 is 28.1. The van der Waals surface area contributed by atoms with Gasteiger partial charge in [-0.2, -0.15) is 4.98 Å². The number of nitrogens with zero attached hydrogens (tertiary/aromatic N) is 5. The van der Waals surface area contributed by atoms with Gasteiger partial charge < -0.3 is 15.5 Å². The second kappa shape index (κ2) is 11.7. The highest BCUT2D eigenvalue weighted by Gasteiger charge is 2.34. The van der Waals surface area contributed by atoms with Crippen LogP contribution in [0.4, 0.5) is 19.4 Å². The molecule has 208 valence electrons. The van der Waals surface area contributed by atoms with E-state index in [2.05, 4.69) is 10.3 Å². The van der Waals surface area contributed by atoms with Crippen LogP contribution in [0.15, 0.2) is 41.3 Å². The molecule has 2 saturated heterocycles. The molecule has 0 aliphatic carbocycles. The molecule has 2 fully saturated rings. The van der Waals surface area contributed by atoms with Crippen LogP contribution in [-0.2, 0) is 11.3 Å². The number of rotatable bonds is 5. The van der Waals surface area contributed by atoms with Gasteiger partial charge >= 0.3 is 11.7 Å². The molecule has 2 aliphatic heterocycles. The minimum Gasteiger partial charge on any atom is -0.338 e. The Hall–Kier alpha value is -3.09. The summed E-state index contributed by atoms with van der Waals surface area (Å²) in [5, 5.41) is 2.64. The number of hydrogen-bond acceptors (Lipinski definition) is 6. The molecule has 1 aromatic carbocycles. The highest BCUT2D eigenvalue weighted by Crippen LogP contribution is 2.28. The van der Waals surface area contributed by atoms with E-state index in [4.69, 9.17) is 5.73 Å². The lowest BCUT2D eigenvalue weighted by molar-refractivity contribution is -0.137. The lowest BCUT2D eigenvalue weighted by Crippen LogP contribution is -2.58. The molecule has 3 N–H and O–H groups in total. The SMILES string of the molecule is CC(C)(N)C(=O)N1CCN(C(=O)Nc2ccn(-c3ccc(CN4CCC(F)(F)CC4)cc3)c(=O)n2)CC1.Cl. The van der Waals surface area contributed by atoms with Gasteiger partial charge in [-0.15, -0.1) is 12.4 Å². The number of halogens is 3. The fourth-order valence-electron chi connectivity index (χ4n) is 4.44. The molecule has 2 aromatic rings. The number of piperazine rings is 1. The number of likely N-dealkylation sites (tertiary alicyclic amines) is 1. The number of nitrogens with one attached hydrogen (secondary N) is 1. The van der Waals surface area contributed by atoms with E-state index in [1.54, 1.807) is 35.8 Å². The fraction of sp³-hybridized carbons (Fsp3) is 0.520. The summed E-state index contributed by atoms with van der Waals surface area (Å²) in [5.41, 5.74) is 5.94. The average molecular weight is 554 g/mol. The van der Waals surface area contributed by atoms with E-state index < -0.39 is 23.2 Å². The van der Waals surface area contributed by atoms with Crippen molar-refractivity contribution in [3.8, 4) is 5.69 Å². The van der Waals surface area contributed by atoms with Gasteiger partial charge in [0.05, 0.1) is 11.2 Å². The van der Waals surface area contributed by atoms with E-state index in [0.717, 1.165) is 5.56 Å². The van der Waals surface area contributed by atoms with E-state index in [0.29, 0.717) is 51.5 Å². The smallest absolute Gasteiger partial charge is 0.338 e. The molecule has 2 aliphatic rings. The van der Waals surface area contributed by atoms with Crippen LogP contribution in [0.2, 0.25) is 0 Å². The molecule has 38 heavy (non-hydrogen) atoms. The van der Waals surface area contributed by atoms with Gasteiger partial charge in [-0.1, -0.05) is 12.1 Å². The summed E-state index contributed by atoms with van der Waals surface area (Å²) in [6.07, 6.45) is 1.28. The topological polar surface area (TPSA) is 117 Å². The maximum absolute atomic E-state index is 13.4. The normalized spacial score (nSPS) is 18.0. The zero-order valence-corrected chi connectivity index (χ0v) is 22.3. The van der Waals surface area contributed by atoms with Crippen LogP contribution >= 0.6 is 12.4 Å². The van der Waals surface area contributed by atoms with E-state index in [1.165, 1.54) is 16.8 Å². The van der Waals surface area contributed by atoms with Crippen molar-refractivity contribution >= 4 is 30.2 Å². The van der Waals surface area contributed by atoms with E-state index in [1.807, 2.05) is 17.0 Å². The standard InChI is InChI=1S/C25H33F2N7O3.ClH/c1-24(2,28)21(35)32-13-15-33(16-14-32)22(36)29-20-7-10-34(23(37)30-20)19-5-3-18(4-6-19)17-31-11-8-25(26,27)9-12-31;/h3-7,10H,8-9,11-17,28H2,1-2H3,(H,29,30,36,37);1H. The Morgan fingerprint density at radius 1 is 1.00 bits per heavy atom. The van der Waals surface area contributed by atoms with Crippen molar-refractivity contribution < 1.29 is 18.4 Å². The number of piperidine rings is 1. The quantitative estimate of drug-likeness (QED) is 0.587. The average Bonchev–Trinajstić information content (AvgIpc) is 2.85. The van der Waals surface area contributed by atoms with Gasteiger partial charge in [-0.25, -0.2) is 18.4 Å². The van der Waals surface area contributed by atoms with Gasteiger partial charge in [-0.3, -0.25) is 19.6 Å². The van der Waals surface area contributed by atoms with Crippen LogP contribution in [0.25, 0.3) is 5.69 Å². The summed E-state index contributed by atoms with van der Waals surface area (Å²) in [5.74, 6) is -2.61. The number of alkyl halides is 2. The number of aromatic nitrogens is 2. The molecule has 4 rings (SSSR count). The second-order valence-corrected chi connectivity index (χ2v) is 10.2. The first kappa shape index (κ1) is 29.5. The maximum Gasteiger partial charge on any atom is 0.354 e. The zero-order valence-electron chi connectivity index (χ0n) is 21.5. The third-order valence-electron chi connectivity index (χ3n) is 6.65. The second-order valence-electron chi connectivity index (χ2n) is 10.2. The van der Waals surface area contributed by atoms with Gasteiger partial charge in [0, 0.05) is 64.9 Å². The first-order chi connectivity index (χ1) is 17.4. The third kappa shape index (κ3) is 7.27. The van der Waals surface area contributed by atoms with Crippen molar-refractivity contribution in [3.05, 3.63) is 52.6 Å². The van der Waals surface area contributed by atoms with Gasteiger partial charge in [-0.05, 0) is 37.6 Å². The number of nitrogens with two attached hydrogens (primary N) is 1. The summed E-state index contributed by atoms with van der Waals surface area (Å²) in [6, 6.07) is 8.42. The lowest BCUT2D eigenvalue weighted by Gasteiger charge is -2.37. The predicted octanol–water partition coefficient (Wildman–Crippen LogP) is 2.30. The Labute approximate surface area is 226 Å². The first-order valence-corrected chi connectivity index (χ1v) is 12.3. The summed E-state index contributed by atoms with van der Waals surface area (Å²) in [4.78, 5) is 46.7. The Morgan fingerprint density at radius 3 is 2.13 bits per heavy atom. The zero-order chi connectivity index (χ0) is 26.8. The van der Waals surface area contributed by atoms with E-state index in [-0.39, 0.29) is 37.0 Å². The Morgan fingerprint density at radius 2 is 1.58 bits per heavy atom. The number of benzene rings is 1. The monoisotopic (exact) mass is 553 g/mol. The summed E-state index contributed by atoms with van der Waals surface area (Å²) in [7, 11) is 0. The molecule has 0 radical (unpaired) electrons. The van der Waals surface area contributed by atoms with Crippen molar-refractivity contribution in [1.82, 2.24) is 24.3 Å². The van der Waals surface area contributed by atoms with E-state index >= 15 is 0 Å². The molecule has 0 bridgehead atoms. The Kier molecular flexibility index (Phi) is 9.11. The Balaban J connectivity index is 0.00000400. The van der Waals surface area contributed by atoms with Crippen molar-refractivity contribution in [1.29, 1.82) is 0 Å². The van der Waals surface area contributed by atoms with Crippen molar-refractivity contribution in [3.63, 3.8) is 0 Å². The van der Waals surface area contributed by atoms with Crippen LogP contribution in [0, 0.1) is 0 Å². The third-order valence-corrected chi connectivity index (χ3v) is 6.65.